The molecule has 0 aliphatic carbocycles. The second kappa shape index (κ2) is 10.3. The predicted molar refractivity (Wildman–Crippen MR) is 125 cm³/mol. The van der Waals surface area contributed by atoms with Gasteiger partial charge in [0.05, 0.1) is 24.3 Å². The summed E-state index contributed by atoms with van der Waals surface area (Å²) in [7, 11) is 1.62. The number of hydrogen-bond donors (Lipinski definition) is 0. The first-order valence-corrected chi connectivity index (χ1v) is 11.1. The lowest BCUT2D eigenvalue weighted by Crippen LogP contribution is -2.28. The Labute approximate surface area is 182 Å². The average Bonchev–Trinajstić information content (AvgIpc) is 3.06. The predicted octanol–water partition coefficient (Wildman–Crippen LogP) is 5.67. The van der Waals surface area contributed by atoms with E-state index in [-0.39, 0.29) is 5.91 Å². The molecule has 2 aromatic rings. The number of para-hydroxylation sites is 2. The van der Waals surface area contributed by atoms with Crippen molar-refractivity contribution in [3.05, 3.63) is 58.5 Å². The lowest BCUT2D eigenvalue weighted by molar-refractivity contribution is -0.122. The highest BCUT2D eigenvalue weighted by Crippen LogP contribution is 2.38. The molecule has 0 N–H and O–H groups in total. The first-order valence-electron chi connectivity index (χ1n) is 10.3. The minimum absolute atomic E-state index is 0.0421. The summed E-state index contributed by atoms with van der Waals surface area (Å²) >= 11 is 1.40. The van der Waals surface area contributed by atoms with Gasteiger partial charge in [-0.15, -0.1) is 0 Å². The summed E-state index contributed by atoms with van der Waals surface area (Å²) in [5, 5.41) is 0.702. The fourth-order valence-corrected chi connectivity index (χ4v) is 4.25. The van der Waals surface area contributed by atoms with Gasteiger partial charge in [0.25, 0.3) is 5.91 Å². The van der Waals surface area contributed by atoms with Crippen LogP contribution in [0.15, 0.2) is 52.4 Å². The third kappa shape index (κ3) is 4.70. The number of likely N-dealkylation sites (N-methyl/N-ethyl adjacent to an activating group) is 1. The quantitative estimate of drug-likeness (QED) is 0.512. The van der Waals surface area contributed by atoms with Crippen molar-refractivity contribution in [1.82, 2.24) is 4.90 Å². The molecule has 0 bridgehead atoms. The standard InChI is InChI=1S/C24H28N2O3S/c1-5-15-29-22-18(12-10-14-20(22)28-4)16-21-23(27)26(7-3)24(30-21)25-19-13-9-8-11-17(19)6-2/h8-14,16H,5-7,15H2,1-4H3/b21-16+,25-24?. The maximum Gasteiger partial charge on any atom is 0.266 e. The van der Waals surface area contributed by atoms with Crippen molar-refractivity contribution in [2.24, 2.45) is 4.99 Å². The van der Waals surface area contributed by atoms with Crippen LogP contribution >= 0.6 is 11.8 Å². The molecule has 0 radical (unpaired) electrons. The molecule has 1 fully saturated rings. The number of ether oxygens (including phenoxy) is 2. The largest absolute Gasteiger partial charge is 0.493 e. The molecular formula is C24H28N2O3S. The number of hydrogen-bond acceptors (Lipinski definition) is 5. The molecule has 1 amide bonds. The summed E-state index contributed by atoms with van der Waals surface area (Å²) in [4.78, 5) is 20.2. The fourth-order valence-electron chi connectivity index (χ4n) is 3.20. The van der Waals surface area contributed by atoms with E-state index in [1.807, 2.05) is 49.4 Å². The van der Waals surface area contributed by atoms with Gasteiger partial charge in [0, 0.05) is 12.1 Å². The molecule has 1 heterocycles. The monoisotopic (exact) mass is 424 g/mol. The number of carbonyl (C=O) groups excluding carboxylic acids is 1. The average molecular weight is 425 g/mol. The minimum atomic E-state index is -0.0421. The van der Waals surface area contributed by atoms with Gasteiger partial charge < -0.3 is 9.47 Å². The molecule has 0 spiro atoms. The number of thioether (sulfide) groups is 1. The van der Waals surface area contributed by atoms with Gasteiger partial charge in [-0.1, -0.05) is 44.2 Å². The van der Waals surface area contributed by atoms with E-state index in [1.165, 1.54) is 11.8 Å². The van der Waals surface area contributed by atoms with Crippen molar-refractivity contribution in [3.63, 3.8) is 0 Å². The number of methoxy groups -OCH3 is 1. The van der Waals surface area contributed by atoms with Crippen LogP contribution in [0.25, 0.3) is 6.08 Å². The Morgan fingerprint density at radius 2 is 1.90 bits per heavy atom. The molecule has 0 saturated carbocycles. The van der Waals surface area contributed by atoms with Gasteiger partial charge in [-0.05, 0) is 55.3 Å². The zero-order valence-electron chi connectivity index (χ0n) is 18.0. The number of rotatable bonds is 8. The zero-order valence-corrected chi connectivity index (χ0v) is 18.8. The molecule has 1 aliphatic heterocycles. The lowest BCUT2D eigenvalue weighted by Gasteiger charge is -2.13. The molecule has 1 aliphatic rings. The summed E-state index contributed by atoms with van der Waals surface area (Å²) in [6.45, 7) is 7.27. The minimum Gasteiger partial charge on any atom is -0.493 e. The van der Waals surface area contributed by atoms with Crippen LogP contribution in [-0.4, -0.2) is 36.2 Å². The summed E-state index contributed by atoms with van der Waals surface area (Å²) in [6.07, 6.45) is 3.65. The fraction of sp³-hybridized carbons (Fsp3) is 0.333. The van der Waals surface area contributed by atoms with E-state index < -0.39 is 0 Å². The molecule has 2 aromatic carbocycles. The topological polar surface area (TPSA) is 51.1 Å². The van der Waals surface area contributed by atoms with E-state index in [9.17, 15) is 4.79 Å². The Bertz CT molecular complexity index is 969. The van der Waals surface area contributed by atoms with Crippen LogP contribution in [0.5, 0.6) is 11.5 Å². The van der Waals surface area contributed by atoms with Crippen LogP contribution < -0.4 is 9.47 Å². The SMILES string of the molecule is CCCOc1c(/C=C2/SC(=Nc3ccccc3CC)N(CC)C2=O)cccc1OC. The highest BCUT2D eigenvalue weighted by molar-refractivity contribution is 8.18. The maximum absolute atomic E-state index is 13.1. The molecule has 0 atom stereocenters. The number of amidine groups is 1. The Hall–Kier alpha value is -2.73. The molecule has 5 nitrogen and oxygen atoms in total. The van der Waals surface area contributed by atoms with Crippen LogP contribution in [0, 0.1) is 0 Å². The first-order chi connectivity index (χ1) is 14.6. The normalized spacial score (nSPS) is 16.5. The highest BCUT2D eigenvalue weighted by Gasteiger charge is 2.32. The zero-order chi connectivity index (χ0) is 21.5. The van der Waals surface area contributed by atoms with Crippen molar-refractivity contribution in [3.8, 4) is 11.5 Å². The van der Waals surface area contributed by atoms with Gasteiger partial charge >= 0.3 is 0 Å². The number of benzene rings is 2. The Morgan fingerprint density at radius 1 is 1.10 bits per heavy atom. The molecule has 1 saturated heterocycles. The second-order valence-corrected chi connectivity index (χ2v) is 7.77. The maximum atomic E-state index is 13.1. The van der Waals surface area contributed by atoms with E-state index in [0.717, 1.165) is 29.7 Å². The molecule has 30 heavy (non-hydrogen) atoms. The Balaban J connectivity index is 1.99. The van der Waals surface area contributed by atoms with Crippen LogP contribution in [0.4, 0.5) is 5.69 Å². The summed E-state index contributed by atoms with van der Waals surface area (Å²) in [6, 6.07) is 13.8. The third-order valence-electron chi connectivity index (χ3n) is 4.76. The molecular weight excluding hydrogens is 396 g/mol. The molecule has 0 unspecified atom stereocenters. The van der Waals surface area contributed by atoms with Crippen molar-refractivity contribution in [1.29, 1.82) is 0 Å². The highest BCUT2D eigenvalue weighted by atomic mass is 32.2. The van der Waals surface area contributed by atoms with E-state index in [0.29, 0.717) is 34.7 Å². The molecule has 3 rings (SSSR count). The van der Waals surface area contributed by atoms with Gasteiger partial charge in [0.2, 0.25) is 0 Å². The number of aryl methyl sites for hydroxylation is 1. The lowest BCUT2D eigenvalue weighted by atomic mass is 10.1. The number of carbonyl (C=O) groups is 1. The van der Waals surface area contributed by atoms with E-state index >= 15 is 0 Å². The van der Waals surface area contributed by atoms with Gasteiger partial charge in [0.15, 0.2) is 16.7 Å². The van der Waals surface area contributed by atoms with Crippen LogP contribution in [0.3, 0.4) is 0 Å². The summed E-state index contributed by atoms with van der Waals surface area (Å²) in [5.41, 5.74) is 2.89. The van der Waals surface area contributed by atoms with Crippen LogP contribution in [-0.2, 0) is 11.2 Å². The number of amides is 1. The van der Waals surface area contributed by atoms with E-state index in [2.05, 4.69) is 19.9 Å². The van der Waals surface area contributed by atoms with E-state index in [4.69, 9.17) is 14.5 Å². The number of aliphatic imine (C=N–C) groups is 1. The molecule has 6 heteroatoms. The van der Waals surface area contributed by atoms with Crippen molar-refractivity contribution >= 4 is 34.6 Å². The number of nitrogens with zero attached hydrogens (tertiary/aromatic N) is 2. The smallest absolute Gasteiger partial charge is 0.266 e. The first kappa shape index (κ1) is 22.0. The van der Waals surface area contributed by atoms with Gasteiger partial charge in [-0.2, -0.15) is 0 Å². The second-order valence-electron chi connectivity index (χ2n) is 6.76. The van der Waals surface area contributed by atoms with Crippen LogP contribution in [0.2, 0.25) is 0 Å². The Kier molecular flexibility index (Phi) is 7.57. The van der Waals surface area contributed by atoms with E-state index in [1.54, 1.807) is 12.0 Å². The molecule has 0 aromatic heterocycles. The van der Waals surface area contributed by atoms with Crippen molar-refractivity contribution in [2.75, 3.05) is 20.3 Å². The summed E-state index contributed by atoms with van der Waals surface area (Å²) < 4.78 is 11.4. The van der Waals surface area contributed by atoms with Crippen molar-refractivity contribution < 1.29 is 14.3 Å². The van der Waals surface area contributed by atoms with Crippen molar-refractivity contribution in [2.45, 2.75) is 33.6 Å². The third-order valence-corrected chi connectivity index (χ3v) is 5.77. The van der Waals surface area contributed by atoms with Gasteiger partial charge in [-0.3, -0.25) is 9.69 Å². The Morgan fingerprint density at radius 3 is 2.60 bits per heavy atom. The molecule has 158 valence electrons. The van der Waals surface area contributed by atoms with Crippen LogP contribution in [0.1, 0.15) is 38.3 Å². The van der Waals surface area contributed by atoms with Gasteiger partial charge in [0.1, 0.15) is 0 Å². The van der Waals surface area contributed by atoms with Gasteiger partial charge in [-0.25, -0.2) is 4.99 Å². The summed E-state index contributed by atoms with van der Waals surface area (Å²) in [5.74, 6) is 1.28.